The molecular weight excluding hydrogens is 533 g/mol. The molecule has 0 atom stereocenters. The second-order valence-corrected chi connectivity index (χ2v) is 9.86. The zero-order valence-electron chi connectivity index (χ0n) is 21.4. The van der Waals surface area contributed by atoms with Crippen LogP contribution in [0.4, 0.5) is 13.2 Å². The van der Waals surface area contributed by atoms with Crippen molar-refractivity contribution in [3.8, 4) is 17.1 Å². The molecule has 0 aliphatic heterocycles. The van der Waals surface area contributed by atoms with E-state index in [9.17, 15) is 22.8 Å². The molecule has 4 rings (SSSR count). The molecule has 0 unspecified atom stereocenters. The fourth-order valence-corrected chi connectivity index (χ4v) is 4.31. The van der Waals surface area contributed by atoms with Crippen molar-refractivity contribution in [2.45, 2.75) is 38.7 Å². The van der Waals surface area contributed by atoms with Crippen LogP contribution < -0.4 is 15.7 Å². The van der Waals surface area contributed by atoms with Gasteiger partial charge in [0.1, 0.15) is 12.3 Å². The second-order valence-electron chi connectivity index (χ2n) is 9.42. The SMILES string of the molecule is COc1ccccc1Cn1c(-c2ccc(Cl)cc2)nn(CC(=O)NC(C)(C)c2cccc(C(F)(F)F)c2)c1=O. The van der Waals surface area contributed by atoms with Crippen molar-refractivity contribution in [3.05, 3.63) is 105 Å². The van der Waals surface area contributed by atoms with Crippen molar-refractivity contribution in [1.82, 2.24) is 19.7 Å². The van der Waals surface area contributed by atoms with Crippen LogP contribution in [-0.4, -0.2) is 27.4 Å². The lowest BCUT2D eigenvalue weighted by Crippen LogP contribution is -2.44. The van der Waals surface area contributed by atoms with Gasteiger partial charge in [-0.1, -0.05) is 41.9 Å². The van der Waals surface area contributed by atoms with Crippen molar-refractivity contribution < 1.29 is 22.7 Å². The molecule has 0 spiro atoms. The number of hydrogen-bond acceptors (Lipinski definition) is 4. The maximum Gasteiger partial charge on any atom is 0.416 e. The number of nitrogens with one attached hydrogen (secondary N) is 1. The molecule has 3 aromatic carbocycles. The maximum absolute atomic E-state index is 13.5. The molecule has 39 heavy (non-hydrogen) atoms. The summed E-state index contributed by atoms with van der Waals surface area (Å²) in [5.74, 6) is 0.302. The molecule has 7 nitrogen and oxygen atoms in total. The largest absolute Gasteiger partial charge is 0.496 e. The highest BCUT2D eigenvalue weighted by Gasteiger charge is 2.32. The van der Waals surface area contributed by atoms with E-state index in [0.29, 0.717) is 22.2 Å². The Morgan fingerprint density at radius 3 is 2.33 bits per heavy atom. The highest BCUT2D eigenvalue weighted by atomic mass is 35.5. The molecule has 0 saturated carbocycles. The molecule has 0 aliphatic carbocycles. The molecule has 4 aromatic rings. The summed E-state index contributed by atoms with van der Waals surface area (Å²) in [5.41, 5.74) is -0.913. The number of carbonyl (C=O) groups excluding carboxylic acids is 1. The Morgan fingerprint density at radius 2 is 1.67 bits per heavy atom. The summed E-state index contributed by atoms with van der Waals surface area (Å²) in [7, 11) is 1.53. The molecular formula is C28H26ClF3N4O3. The minimum absolute atomic E-state index is 0.123. The second kappa shape index (κ2) is 11.0. The van der Waals surface area contributed by atoms with Gasteiger partial charge in [-0.05, 0) is 61.9 Å². The number of benzene rings is 3. The van der Waals surface area contributed by atoms with Crippen LogP contribution in [0.5, 0.6) is 5.75 Å². The summed E-state index contributed by atoms with van der Waals surface area (Å²) >= 11 is 6.03. The van der Waals surface area contributed by atoms with Crippen LogP contribution in [0.15, 0.2) is 77.6 Å². The third-order valence-electron chi connectivity index (χ3n) is 6.20. The number of rotatable bonds is 8. The van der Waals surface area contributed by atoms with Crippen LogP contribution in [0.1, 0.15) is 30.5 Å². The minimum Gasteiger partial charge on any atom is -0.496 e. The van der Waals surface area contributed by atoms with E-state index in [1.807, 2.05) is 18.2 Å². The van der Waals surface area contributed by atoms with Gasteiger partial charge in [0, 0.05) is 16.1 Å². The number of amides is 1. The number of para-hydroxylation sites is 1. The molecule has 1 aromatic heterocycles. The van der Waals surface area contributed by atoms with Crippen LogP contribution >= 0.6 is 11.6 Å². The van der Waals surface area contributed by atoms with Crippen LogP contribution in [0, 0.1) is 0 Å². The van der Waals surface area contributed by atoms with Gasteiger partial charge in [-0.15, -0.1) is 5.10 Å². The van der Waals surface area contributed by atoms with Crippen LogP contribution in [0.3, 0.4) is 0 Å². The van der Waals surface area contributed by atoms with Crippen molar-refractivity contribution >= 4 is 17.5 Å². The lowest BCUT2D eigenvalue weighted by molar-refractivity contribution is -0.137. The summed E-state index contributed by atoms with van der Waals surface area (Å²) in [6.45, 7) is 2.85. The van der Waals surface area contributed by atoms with Crippen LogP contribution in [0.25, 0.3) is 11.4 Å². The van der Waals surface area contributed by atoms with Gasteiger partial charge >= 0.3 is 11.9 Å². The summed E-state index contributed by atoms with van der Waals surface area (Å²) in [5, 5.41) is 7.65. The molecule has 0 radical (unpaired) electrons. The fourth-order valence-electron chi connectivity index (χ4n) is 4.18. The lowest BCUT2D eigenvalue weighted by Gasteiger charge is -2.27. The zero-order valence-corrected chi connectivity index (χ0v) is 22.2. The Bertz CT molecular complexity index is 1540. The molecule has 0 saturated heterocycles. The summed E-state index contributed by atoms with van der Waals surface area (Å²) in [4.78, 5) is 26.5. The number of methoxy groups -OCH3 is 1. The van der Waals surface area contributed by atoms with E-state index in [2.05, 4.69) is 10.4 Å². The Labute approximate surface area is 227 Å². The number of nitrogens with zero attached hydrogens (tertiary/aromatic N) is 3. The normalized spacial score (nSPS) is 11.9. The molecule has 11 heteroatoms. The highest BCUT2D eigenvalue weighted by Crippen LogP contribution is 2.32. The van der Waals surface area contributed by atoms with Gasteiger partial charge in [0.15, 0.2) is 5.82 Å². The topological polar surface area (TPSA) is 78.2 Å². The number of halogens is 4. The first-order chi connectivity index (χ1) is 18.4. The Kier molecular flexibility index (Phi) is 7.87. The van der Waals surface area contributed by atoms with Gasteiger partial charge in [-0.2, -0.15) is 13.2 Å². The third-order valence-corrected chi connectivity index (χ3v) is 6.46. The first kappa shape index (κ1) is 28.0. The Morgan fingerprint density at radius 1 is 1.00 bits per heavy atom. The van der Waals surface area contributed by atoms with Crippen LogP contribution in [-0.2, 0) is 29.6 Å². The van der Waals surface area contributed by atoms with Gasteiger partial charge in [0.05, 0.1) is 24.8 Å². The smallest absolute Gasteiger partial charge is 0.416 e. The molecule has 1 heterocycles. The fraction of sp³-hybridized carbons (Fsp3) is 0.250. The van der Waals surface area contributed by atoms with E-state index in [4.69, 9.17) is 16.3 Å². The van der Waals surface area contributed by atoms with Crippen molar-refractivity contribution in [3.63, 3.8) is 0 Å². The number of carbonyl (C=O) groups is 1. The van der Waals surface area contributed by atoms with E-state index in [-0.39, 0.29) is 12.1 Å². The van der Waals surface area contributed by atoms with Crippen molar-refractivity contribution in [1.29, 1.82) is 0 Å². The van der Waals surface area contributed by atoms with E-state index in [0.717, 1.165) is 22.4 Å². The van der Waals surface area contributed by atoms with E-state index >= 15 is 0 Å². The van der Waals surface area contributed by atoms with Crippen molar-refractivity contribution in [2.24, 2.45) is 0 Å². The maximum atomic E-state index is 13.5. The van der Waals surface area contributed by atoms with E-state index in [1.165, 1.54) is 23.8 Å². The quantitative estimate of drug-likeness (QED) is 0.310. The predicted molar refractivity (Wildman–Crippen MR) is 142 cm³/mol. The summed E-state index contributed by atoms with van der Waals surface area (Å²) in [6.07, 6.45) is -4.52. The number of ether oxygens (including phenoxy) is 1. The molecule has 0 bridgehead atoms. The Balaban J connectivity index is 1.65. The number of hydrogen-bond donors (Lipinski definition) is 1. The molecule has 204 valence electrons. The monoisotopic (exact) mass is 558 g/mol. The zero-order chi connectivity index (χ0) is 28.4. The highest BCUT2D eigenvalue weighted by molar-refractivity contribution is 6.30. The average Bonchev–Trinajstić information content (AvgIpc) is 3.18. The minimum atomic E-state index is -4.52. The average molecular weight is 559 g/mol. The van der Waals surface area contributed by atoms with Crippen LogP contribution in [0.2, 0.25) is 5.02 Å². The number of aromatic nitrogens is 3. The first-order valence-electron chi connectivity index (χ1n) is 11.9. The molecule has 1 amide bonds. The molecule has 1 N–H and O–H groups in total. The van der Waals surface area contributed by atoms with Crippen molar-refractivity contribution in [2.75, 3.05) is 7.11 Å². The van der Waals surface area contributed by atoms with E-state index < -0.39 is 35.4 Å². The standard InChI is InChI=1S/C28H26ClF3N4O3/c1-27(2,20-8-6-9-21(15-20)28(30,31)32)33-24(37)17-36-26(38)35(16-19-7-4-5-10-23(19)39-3)25(34-36)18-11-13-22(29)14-12-18/h4-15H,16-17H2,1-3H3,(H,33,37). The molecule has 0 aliphatic rings. The Hall–Kier alpha value is -4.05. The van der Waals surface area contributed by atoms with Gasteiger partial charge < -0.3 is 10.1 Å². The number of alkyl halides is 3. The lowest BCUT2D eigenvalue weighted by atomic mass is 9.92. The first-order valence-corrected chi connectivity index (χ1v) is 12.3. The van der Waals surface area contributed by atoms with Gasteiger partial charge in [0.25, 0.3) is 0 Å². The molecule has 0 fully saturated rings. The predicted octanol–water partition coefficient (Wildman–Crippen LogP) is 5.49. The summed E-state index contributed by atoms with van der Waals surface area (Å²) in [6, 6.07) is 18.7. The van der Waals surface area contributed by atoms with E-state index in [1.54, 1.807) is 44.2 Å². The van der Waals surface area contributed by atoms with Gasteiger partial charge in [-0.3, -0.25) is 9.36 Å². The third kappa shape index (κ3) is 6.34. The van der Waals surface area contributed by atoms with Gasteiger partial charge in [0.2, 0.25) is 5.91 Å². The summed E-state index contributed by atoms with van der Waals surface area (Å²) < 4.78 is 47.5. The van der Waals surface area contributed by atoms with Gasteiger partial charge in [-0.25, -0.2) is 9.48 Å².